The highest BCUT2D eigenvalue weighted by atomic mass is 32.1. The number of hydrogen-bond donors (Lipinski definition) is 2. The van der Waals surface area contributed by atoms with Crippen LogP contribution in [0.15, 0.2) is 29.6 Å². The van der Waals surface area contributed by atoms with Crippen molar-refractivity contribution in [3.8, 4) is 10.6 Å². The Bertz CT molecular complexity index is 767. The third-order valence-corrected chi connectivity index (χ3v) is 5.41. The Kier molecular flexibility index (Phi) is 5.62. The van der Waals surface area contributed by atoms with Crippen LogP contribution in [0.5, 0.6) is 0 Å². The molecular weight excluding hydrogens is 363 g/mol. The predicted molar refractivity (Wildman–Crippen MR) is 94.6 cm³/mol. The van der Waals surface area contributed by atoms with Gasteiger partial charge in [0.15, 0.2) is 0 Å². The lowest BCUT2D eigenvalue weighted by atomic mass is 9.92. The minimum atomic E-state index is -4.39. The fraction of sp³-hybridized carbons (Fsp3) is 0.444. The second kappa shape index (κ2) is 7.75. The molecule has 0 bridgehead atoms. The molecule has 1 fully saturated rings. The van der Waals surface area contributed by atoms with Crippen molar-refractivity contribution in [2.24, 2.45) is 5.73 Å². The van der Waals surface area contributed by atoms with Gasteiger partial charge in [-0.3, -0.25) is 4.79 Å². The van der Waals surface area contributed by atoms with Crippen LogP contribution in [0.1, 0.15) is 36.9 Å². The number of carbonyl (C=O) groups is 1. The minimum Gasteiger partial charge on any atom is -0.353 e. The van der Waals surface area contributed by atoms with Gasteiger partial charge < -0.3 is 11.1 Å². The molecule has 0 spiro atoms. The summed E-state index contributed by atoms with van der Waals surface area (Å²) in [4.78, 5) is 16.5. The van der Waals surface area contributed by atoms with Crippen molar-refractivity contribution in [2.45, 2.75) is 50.4 Å². The molecule has 1 amide bonds. The van der Waals surface area contributed by atoms with E-state index in [9.17, 15) is 18.0 Å². The second-order valence-corrected chi connectivity index (χ2v) is 7.44. The van der Waals surface area contributed by atoms with E-state index in [1.165, 1.54) is 17.4 Å². The van der Waals surface area contributed by atoms with Crippen LogP contribution in [0.3, 0.4) is 0 Å². The van der Waals surface area contributed by atoms with E-state index in [2.05, 4.69) is 10.3 Å². The van der Waals surface area contributed by atoms with E-state index >= 15 is 0 Å². The summed E-state index contributed by atoms with van der Waals surface area (Å²) in [5.74, 6) is -0.119. The van der Waals surface area contributed by atoms with Crippen LogP contribution in [0.2, 0.25) is 0 Å². The normalized spacial score (nSPS) is 20.8. The highest BCUT2D eigenvalue weighted by Gasteiger charge is 2.30. The molecule has 3 N–H and O–H groups in total. The summed E-state index contributed by atoms with van der Waals surface area (Å²) in [7, 11) is 0. The maximum atomic E-state index is 12.8. The zero-order valence-corrected chi connectivity index (χ0v) is 14.9. The molecular formula is C18H20F3N3OS. The lowest BCUT2D eigenvalue weighted by Crippen LogP contribution is -2.41. The zero-order valence-electron chi connectivity index (χ0n) is 14.1. The number of nitrogens with two attached hydrogens (primary N) is 1. The Balaban J connectivity index is 1.62. The number of carbonyl (C=O) groups excluding carboxylic acids is 1. The third kappa shape index (κ3) is 4.82. The van der Waals surface area contributed by atoms with E-state index in [0.29, 0.717) is 16.3 Å². The number of benzene rings is 1. The highest BCUT2D eigenvalue weighted by Crippen LogP contribution is 2.33. The Morgan fingerprint density at radius 1 is 1.27 bits per heavy atom. The van der Waals surface area contributed by atoms with Gasteiger partial charge in [0.25, 0.3) is 0 Å². The predicted octanol–water partition coefficient (Wildman–Crippen LogP) is 3.76. The van der Waals surface area contributed by atoms with Gasteiger partial charge in [-0.05, 0) is 37.8 Å². The molecule has 140 valence electrons. The monoisotopic (exact) mass is 383 g/mol. The molecule has 0 radical (unpaired) electrons. The minimum absolute atomic E-state index is 0.119. The van der Waals surface area contributed by atoms with Gasteiger partial charge in [0.05, 0.1) is 17.7 Å². The molecule has 0 unspecified atom stereocenters. The average molecular weight is 383 g/mol. The molecule has 1 saturated carbocycles. The van der Waals surface area contributed by atoms with Gasteiger partial charge in [-0.2, -0.15) is 13.2 Å². The molecule has 0 aliphatic heterocycles. The maximum absolute atomic E-state index is 12.8. The van der Waals surface area contributed by atoms with E-state index in [1.807, 2.05) is 0 Å². The number of nitrogens with one attached hydrogen (secondary N) is 1. The van der Waals surface area contributed by atoms with Crippen LogP contribution < -0.4 is 11.1 Å². The van der Waals surface area contributed by atoms with E-state index in [1.54, 1.807) is 11.4 Å². The molecule has 8 heteroatoms. The first-order valence-electron chi connectivity index (χ1n) is 8.48. The highest BCUT2D eigenvalue weighted by molar-refractivity contribution is 7.13. The third-order valence-electron chi connectivity index (χ3n) is 4.47. The van der Waals surface area contributed by atoms with Crippen molar-refractivity contribution < 1.29 is 18.0 Å². The van der Waals surface area contributed by atoms with Gasteiger partial charge in [-0.15, -0.1) is 11.3 Å². The number of aromatic nitrogens is 1. The van der Waals surface area contributed by atoms with Gasteiger partial charge in [0.1, 0.15) is 5.01 Å². The first-order chi connectivity index (χ1) is 12.3. The smallest absolute Gasteiger partial charge is 0.353 e. The molecule has 1 heterocycles. The summed E-state index contributed by atoms with van der Waals surface area (Å²) in [5.41, 5.74) is 6.11. The summed E-state index contributed by atoms with van der Waals surface area (Å²) < 4.78 is 38.5. The van der Waals surface area contributed by atoms with Crippen LogP contribution in [0.25, 0.3) is 10.6 Å². The van der Waals surface area contributed by atoms with E-state index in [0.717, 1.165) is 37.8 Å². The van der Waals surface area contributed by atoms with Crippen molar-refractivity contribution in [1.82, 2.24) is 10.3 Å². The molecule has 1 aliphatic carbocycles. The fourth-order valence-electron chi connectivity index (χ4n) is 3.06. The summed E-state index contributed by atoms with van der Waals surface area (Å²) in [5, 5.41) is 5.18. The number of hydrogen-bond acceptors (Lipinski definition) is 4. The second-order valence-electron chi connectivity index (χ2n) is 6.58. The Labute approximate surface area is 153 Å². The van der Waals surface area contributed by atoms with Gasteiger partial charge in [0, 0.05) is 23.0 Å². The van der Waals surface area contributed by atoms with E-state index in [4.69, 9.17) is 5.73 Å². The van der Waals surface area contributed by atoms with Gasteiger partial charge >= 0.3 is 6.18 Å². The Hall–Kier alpha value is -1.93. The lowest BCUT2D eigenvalue weighted by molar-refractivity contribution is -0.137. The first-order valence-corrected chi connectivity index (χ1v) is 9.36. The molecule has 4 nitrogen and oxygen atoms in total. The number of rotatable bonds is 4. The number of alkyl halides is 3. The van der Waals surface area contributed by atoms with Crippen LogP contribution in [-0.4, -0.2) is 23.0 Å². The quantitative estimate of drug-likeness (QED) is 0.845. The summed E-state index contributed by atoms with van der Waals surface area (Å²) in [6.45, 7) is 0. The summed E-state index contributed by atoms with van der Waals surface area (Å²) in [6, 6.07) is 5.42. The topological polar surface area (TPSA) is 68.0 Å². The lowest BCUT2D eigenvalue weighted by Gasteiger charge is -2.26. The molecule has 0 atom stereocenters. The van der Waals surface area contributed by atoms with Gasteiger partial charge in [-0.1, -0.05) is 12.1 Å². The van der Waals surface area contributed by atoms with Crippen molar-refractivity contribution in [2.75, 3.05) is 0 Å². The average Bonchev–Trinajstić information content (AvgIpc) is 3.05. The standard InChI is InChI=1S/C18H20F3N3OS/c19-18(20,21)12-3-1-2-11(8-12)17-24-15(10-26-17)9-16(25)23-14-6-4-13(22)5-7-14/h1-3,8,10,13-14H,4-7,9,22H2,(H,23,25). The fourth-order valence-corrected chi connectivity index (χ4v) is 3.87. The van der Waals surface area contributed by atoms with Crippen molar-refractivity contribution in [1.29, 1.82) is 0 Å². The SMILES string of the molecule is NC1CCC(NC(=O)Cc2csc(-c3cccc(C(F)(F)F)c3)n2)CC1. The summed E-state index contributed by atoms with van der Waals surface area (Å²) in [6.07, 6.45) is -0.710. The number of amides is 1. The maximum Gasteiger partial charge on any atom is 0.416 e. The molecule has 26 heavy (non-hydrogen) atoms. The van der Waals surface area contributed by atoms with Crippen LogP contribution in [0.4, 0.5) is 13.2 Å². The molecule has 0 saturated heterocycles. The number of halogens is 3. The van der Waals surface area contributed by atoms with Gasteiger partial charge in [-0.25, -0.2) is 4.98 Å². The number of thiazole rings is 1. The largest absolute Gasteiger partial charge is 0.416 e. The molecule has 2 aromatic rings. The Morgan fingerprint density at radius 2 is 2.00 bits per heavy atom. The Morgan fingerprint density at radius 3 is 2.69 bits per heavy atom. The van der Waals surface area contributed by atoms with Crippen LogP contribution in [0, 0.1) is 0 Å². The van der Waals surface area contributed by atoms with Gasteiger partial charge in [0.2, 0.25) is 5.91 Å². The van der Waals surface area contributed by atoms with Crippen molar-refractivity contribution in [3.63, 3.8) is 0 Å². The van der Waals surface area contributed by atoms with Crippen molar-refractivity contribution >= 4 is 17.2 Å². The zero-order chi connectivity index (χ0) is 18.7. The van der Waals surface area contributed by atoms with E-state index in [-0.39, 0.29) is 24.4 Å². The first kappa shape index (κ1) is 18.8. The molecule has 1 aromatic heterocycles. The molecule has 1 aromatic carbocycles. The number of nitrogens with zero attached hydrogens (tertiary/aromatic N) is 1. The van der Waals surface area contributed by atoms with E-state index < -0.39 is 11.7 Å². The summed E-state index contributed by atoms with van der Waals surface area (Å²) >= 11 is 1.24. The molecule has 1 aliphatic rings. The molecule has 3 rings (SSSR count). The van der Waals surface area contributed by atoms with Crippen LogP contribution >= 0.6 is 11.3 Å². The van der Waals surface area contributed by atoms with Crippen LogP contribution in [-0.2, 0) is 17.4 Å². The van der Waals surface area contributed by atoms with Crippen molar-refractivity contribution in [3.05, 3.63) is 40.9 Å².